The number of nitroso groups, excluding NO2 is 1. The Balaban J connectivity index is 3.10. The summed E-state index contributed by atoms with van der Waals surface area (Å²) in [7, 11) is 0. The average molecular weight is 178 g/mol. The molecule has 1 N–H and O–H groups in total. The summed E-state index contributed by atoms with van der Waals surface area (Å²) in [6, 6.07) is 5.55. The lowest BCUT2D eigenvalue weighted by Crippen LogP contribution is -1.99. The minimum absolute atomic E-state index is 0.543. The molecule has 3 heteroatoms. The Morgan fingerprint density at radius 1 is 1.38 bits per heavy atom. The molecule has 0 saturated carbocycles. The molecule has 0 fully saturated rings. The van der Waals surface area contributed by atoms with E-state index >= 15 is 0 Å². The Kier molecular flexibility index (Phi) is 3.43. The molecule has 70 valence electrons. The van der Waals surface area contributed by atoms with Gasteiger partial charge in [0.15, 0.2) is 0 Å². The molecule has 13 heavy (non-hydrogen) atoms. The maximum Gasteiger partial charge on any atom is 0.113 e. The summed E-state index contributed by atoms with van der Waals surface area (Å²) in [5, 5.41) is 6.20. The molecule has 0 bridgehead atoms. The lowest BCUT2D eigenvalue weighted by molar-refractivity contribution is 1.11. The fourth-order valence-corrected chi connectivity index (χ4v) is 1.39. The fourth-order valence-electron chi connectivity index (χ4n) is 1.39. The predicted octanol–water partition coefficient (Wildman–Crippen LogP) is 3.08. The lowest BCUT2D eigenvalue weighted by Gasteiger charge is -2.09. The summed E-state index contributed by atoms with van der Waals surface area (Å²) in [5.41, 5.74) is 2.56. The van der Waals surface area contributed by atoms with Crippen LogP contribution in [0.5, 0.6) is 0 Å². The standard InChI is InChI=1S/C10H14N2O/c1-3-8-9(11-4-2)6-5-7-10(8)12-13/h5-7,11H,3-4H2,1-2H3. The van der Waals surface area contributed by atoms with Gasteiger partial charge in [-0.1, -0.05) is 13.0 Å². The molecule has 0 aliphatic rings. The average Bonchev–Trinajstić information content (AvgIpc) is 2.18. The van der Waals surface area contributed by atoms with Crippen molar-refractivity contribution in [2.45, 2.75) is 20.3 Å². The first-order chi connectivity index (χ1) is 6.33. The van der Waals surface area contributed by atoms with Crippen LogP contribution in [0.3, 0.4) is 0 Å². The van der Waals surface area contributed by atoms with Crippen molar-refractivity contribution in [3.63, 3.8) is 0 Å². The molecule has 0 saturated heterocycles. The molecular formula is C10H14N2O. The van der Waals surface area contributed by atoms with Gasteiger partial charge in [-0.3, -0.25) is 0 Å². The molecule has 0 aliphatic carbocycles. The van der Waals surface area contributed by atoms with Crippen molar-refractivity contribution in [1.82, 2.24) is 0 Å². The number of nitrogens with zero attached hydrogens (tertiary/aromatic N) is 1. The van der Waals surface area contributed by atoms with E-state index in [1.807, 2.05) is 26.0 Å². The first-order valence-corrected chi connectivity index (χ1v) is 4.52. The smallest absolute Gasteiger partial charge is 0.113 e. The largest absolute Gasteiger partial charge is 0.385 e. The van der Waals surface area contributed by atoms with Crippen molar-refractivity contribution in [3.05, 3.63) is 28.7 Å². The Morgan fingerprint density at radius 3 is 2.69 bits per heavy atom. The van der Waals surface area contributed by atoms with Crippen LogP contribution in [0.15, 0.2) is 23.4 Å². The zero-order valence-electron chi connectivity index (χ0n) is 8.00. The van der Waals surface area contributed by atoms with Gasteiger partial charge in [-0.05, 0) is 30.7 Å². The molecule has 0 aliphatic heterocycles. The number of benzene rings is 1. The second kappa shape index (κ2) is 4.60. The highest BCUT2D eigenvalue weighted by Gasteiger charge is 2.05. The van der Waals surface area contributed by atoms with Gasteiger partial charge in [0.25, 0.3) is 0 Å². The Bertz CT molecular complexity index is 297. The van der Waals surface area contributed by atoms with E-state index in [4.69, 9.17) is 0 Å². The van der Waals surface area contributed by atoms with E-state index in [1.54, 1.807) is 6.07 Å². The van der Waals surface area contributed by atoms with Crippen LogP contribution in [-0.4, -0.2) is 6.54 Å². The molecule has 1 rings (SSSR count). The van der Waals surface area contributed by atoms with Crippen molar-refractivity contribution >= 4 is 11.4 Å². The minimum atomic E-state index is 0.543. The Hall–Kier alpha value is -1.38. The van der Waals surface area contributed by atoms with Crippen LogP contribution in [0.1, 0.15) is 19.4 Å². The van der Waals surface area contributed by atoms with Gasteiger partial charge in [0, 0.05) is 17.8 Å². The highest BCUT2D eigenvalue weighted by atomic mass is 16.3. The van der Waals surface area contributed by atoms with Crippen molar-refractivity contribution in [3.8, 4) is 0 Å². The van der Waals surface area contributed by atoms with Crippen LogP contribution >= 0.6 is 0 Å². The summed E-state index contributed by atoms with van der Waals surface area (Å²) >= 11 is 0. The molecule has 0 heterocycles. The molecule has 3 nitrogen and oxygen atoms in total. The van der Waals surface area contributed by atoms with Gasteiger partial charge >= 0.3 is 0 Å². The molecule has 1 aromatic rings. The third-order valence-corrected chi connectivity index (χ3v) is 1.97. The molecule has 0 amide bonds. The molecule has 0 spiro atoms. The maximum atomic E-state index is 10.5. The second-order valence-corrected chi connectivity index (χ2v) is 2.78. The van der Waals surface area contributed by atoms with Gasteiger partial charge in [0.1, 0.15) is 5.69 Å². The van der Waals surface area contributed by atoms with E-state index in [0.717, 1.165) is 24.2 Å². The molecule has 0 unspecified atom stereocenters. The summed E-state index contributed by atoms with van der Waals surface area (Å²) in [6.07, 6.45) is 0.824. The molecule has 1 aromatic carbocycles. The second-order valence-electron chi connectivity index (χ2n) is 2.78. The van der Waals surface area contributed by atoms with Gasteiger partial charge in [0.2, 0.25) is 0 Å². The van der Waals surface area contributed by atoms with Gasteiger partial charge in [-0.2, -0.15) is 0 Å². The highest BCUT2D eigenvalue weighted by Crippen LogP contribution is 2.26. The van der Waals surface area contributed by atoms with Gasteiger partial charge < -0.3 is 5.32 Å². The molecule has 0 radical (unpaired) electrons. The van der Waals surface area contributed by atoms with E-state index in [1.165, 1.54) is 0 Å². The number of hydrogen-bond acceptors (Lipinski definition) is 3. The maximum absolute atomic E-state index is 10.5. The Labute approximate surface area is 78.1 Å². The minimum Gasteiger partial charge on any atom is -0.385 e. The van der Waals surface area contributed by atoms with Crippen molar-refractivity contribution < 1.29 is 0 Å². The van der Waals surface area contributed by atoms with Crippen LogP contribution in [0.25, 0.3) is 0 Å². The Morgan fingerprint density at radius 2 is 2.15 bits per heavy atom. The van der Waals surface area contributed by atoms with Crippen LogP contribution in [0, 0.1) is 4.91 Å². The molecular weight excluding hydrogens is 164 g/mol. The van der Waals surface area contributed by atoms with Crippen LogP contribution in [0.4, 0.5) is 11.4 Å². The zero-order valence-corrected chi connectivity index (χ0v) is 8.00. The summed E-state index contributed by atoms with van der Waals surface area (Å²) in [6.45, 7) is 4.90. The topological polar surface area (TPSA) is 41.5 Å². The number of rotatable bonds is 4. The zero-order chi connectivity index (χ0) is 9.68. The molecule has 0 atom stereocenters. The predicted molar refractivity (Wildman–Crippen MR) is 55.4 cm³/mol. The normalized spacial score (nSPS) is 9.69. The SMILES string of the molecule is CCNc1cccc(N=O)c1CC. The van der Waals surface area contributed by atoms with E-state index in [-0.39, 0.29) is 0 Å². The van der Waals surface area contributed by atoms with E-state index in [9.17, 15) is 4.91 Å². The lowest BCUT2D eigenvalue weighted by atomic mass is 10.1. The van der Waals surface area contributed by atoms with Crippen LogP contribution in [-0.2, 0) is 6.42 Å². The number of anilines is 1. The van der Waals surface area contributed by atoms with Gasteiger partial charge in [-0.15, -0.1) is 4.91 Å². The third-order valence-electron chi connectivity index (χ3n) is 1.97. The van der Waals surface area contributed by atoms with Crippen LogP contribution in [0.2, 0.25) is 0 Å². The van der Waals surface area contributed by atoms with E-state index in [2.05, 4.69) is 10.5 Å². The first-order valence-electron chi connectivity index (χ1n) is 4.52. The van der Waals surface area contributed by atoms with Gasteiger partial charge in [-0.25, -0.2) is 0 Å². The summed E-state index contributed by atoms with van der Waals surface area (Å²) < 4.78 is 0. The van der Waals surface area contributed by atoms with Crippen molar-refractivity contribution in [1.29, 1.82) is 0 Å². The summed E-state index contributed by atoms with van der Waals surface area (Å²) in [4.78, 5) is 10.5. The third kappa shape index (κ3) is 2.05. The van der Waals surface area contributed by atoms with Gasteiger partial charge in [0.05, 0.1) is 0 Å². The monoisotopic (exact) mass is 178 g/mol. The number of nitrogens with one attached hydrogen (secondary N) is 1. The van der Waals surface area contributed by atoms with Crippen molar-refractivity contribution in [2.75, 3.05) is 11.9 Å². The van der Waals surface area contributed by atoms with Crippen LogP contribution < -0.4 is 5.32 Å². The molecule has 0 aromatic heterocycles. The first kappa shape index (κ1) is 9.71. The highest BCUT2D eigenvalue weighted by molar-refractivity contribution is 5.62. The fraction of sp³-hybridized carbons (Fsp3) is 0.400. The summed E-state index contributed by atoms with van der Waals surface area (Å²) in [5.74, 6) is 0. The van der Waals surface area contributed by atoms with E-state index in [0.29, 0.717) is 5.69 Å². The quantitative estimate of drug-likeness (QED) is 0.720. The van der Waals surface area contributed by atoms with E-state index < -0.39 is 0 Å². The van der Waals surface area contributed by atoms with Crippen molar-refractivity contribution in [2.24, 2.45) is 5.18 Å². The number of hydrogen-bond donors (Lipinski definition) is 1.